The first-order chi connectivity index (χ1) is 35.0. The molecule has 3 fully saturated rings. The summed E-state index contributed by atoms with van der Waals surface area (Å²) in [4.78, 5) is 115. The van der Waals surface area contributed by atoms with E-state index in [4.69, 9.17) is 11.8 Å². The number of carbonyl (C=O) groups excluding carboxylic acids is 8. The molecule has 1 saturated carbocycles. The Morgan fingerprint density at radius 3 is 1.48 bits per heavy atom. The Hall–Kier alpha value is -5.59. The number of rotatable bonds is 20. The zero-order chi connectivity index (χ0) is 55.8. The van der Waals surface area contributed by atoms with Gasteiger partial charge in [-0.2, -0.15) is 0 Å². The first-order valence-corrected chi connectivity index (χ1v) is 26.9. The van der Waals surface area contributed by atoms with Gasteiger partial charge < -0.3 is 47.0 Å². The van der Waals surface area contributed by atoms with E-state index in [-0.39, 0.29) is 54.4 Å². The SMILES string of the molecule is CN[C@@H](C)C(=O)N[C@H](C(=O)N1CCC[C@H]1C(=O)N[C@H](CNC(=O)[C@]1(C)CC[C@H](C(=O)NC[C@@H](NC(=O)[C@@H]2CCCN2C(=O)[C@@H](NC(=O)[C@H](C)N(C)Cl)C(C)(C)C)c2ccccc2)C1(C)C)c1ccccc1)C(C)(C)C. The number of amides is 8. The van der Waals surface area contributed by atoms with Gasteiger partial charge >= 0.3 is 0 Å². The van der Waals surface area contributed by atoms with Gasteiger partial charge in [-0.3, -0.25) is 38.4 Å². The lowest BCUT2D eigenvalue weighted by Crippen LogP contribution is -2.59. The van der Waals surface area contributed by atoms with E-state index in [1.165, 1.54) is 9.32 Å². The second-order valence-electron chi connectivity index (χ2n) is 23.7. The summed E-state index contributed by atoms with van der Waals surface area (Å²) in [6.45, 7) is 21.0. The standard InChI is InChI=1S/C56H85ClN10O8/c1-34(58-12)45(68)63-43(53(3,4)5)50(73)66-30-20-27-42(66)49(72)62-40(37-24-18-15-19-25-37)33-60-52(75)56(11)29-28-38(55(56,9)10)47(70)59-32-39(36-22-16-14-17-23-36)61-48(71)41-26-21-31-67(41)51(74)44(54(6,7)8)64-46(69)35(2)65(13)57/h14-19,22-25,34-35,38-44,58H,20-21,26-33H2,1-13H3,(H,59,70)(H,60,75)(H,61,71)(H,62,72)(H,63,68)(H,64,69)/t34-,35-,38+,39+,40+,41-,42-,43+,44+,56-/m0/s1. The number of benzene rings is 2. The monoisotopic (exact) mass is 1060 g/mol. The predicted octanol–water partition coefficient (Wildman–Crippen LogP) is 4.50. The molecule has 2 heterocycles. The van der Waals surface area contributed by atoms with E-state index < -0.39 is 81.8 Å². The fourth-order valence-corrected chi connectivity index (χ4v) is 10.6. The highest BCUT2D eigenvalue weighted by molar-refractivity contribution is 6.14. The smallest absolute Gasteiger partial charge is 0.246 e. The van der Waals surface area contributed by atoms with E-state index in [1.54, 1.807) is 32.8 Å². The van der Waals surface area contributed by atoms with Crippen LogP contribution >= 0.6 is 11.8 Å². The topological polar surface area (TPSA) is 230 Å². The van der Waals surface area contributed by atoms with Gasteiger partial charge in [-0.25, -0.2) is 4.42 Å². The molecule has 10 atom stereocenters. The average molecular weight is 1060 g/mol. The first kappa shape index (κ1) is 60.3. The van der Waals surface area contributed by atoms with Gasteiger partial charge in [0.05, 0.1) is 23.5 Å². The summed E-state index contributed by atoms with van der Waals surface area (Å²) in [6.07, 6.45) is 2.88. The Bertz CT molecular complexity index is 2360. The number of nitrogens with one attached hydrogen (secondary N) is 7. The maximum Gasteiger partial charge on any atom is 0.246 e. The number of likely N-dealkylation sites (tertiary alicyclic amines) is 2. The third kappa shape index (κ3) is 14.3. The molecule has 0 spiro atoms. The summed E-state index contributed by atoms with van der Waals surface area (Å²) < 4.78 is 1.24. The molecule has 0 unspecified atom stereocenters. The minimum atomic E-state index is -1.00. The molecular weight excluding hydrogens is 976 g/mol. The van der Waals surface area contributed by atoms with Gasteiger partial charge in [-0.05, 0) is 98.6 Å². The maximum absolute atomic E-state index is 14.5. The van der Waals surface area contributed by atoms with Crippen LogP contribution in [0.5, 0.6) is 0 Å². The number of hydrogen-bond acceptors (Lipinski definition) is 10. The van der Waals surface area contributed by atoms with Crippen molar-refractivity contribution in [3.63, 3.8) is 0 Å². The first-order valence-electron chi connectivity index (χ1n) is 26.6. The zero-order valence-corrected chi connectivity index (χ0v) is 47.3. The average Bonchev–Trinajstić information content (AvgIpc) is 4.12. The van der Waals surface area contributed by atoms with Crippen LogP contribution in [-0.2, 0) is 38.4 Å². The van der Waals surface area contributed by atoms with E-state index in [0.29, 0.717) is 51.6 Å². The Labute approximate surface area is 449 Å². The Morgan fingerprint density at radius 1 is 0.640 bits per heavy atom. The largest absolute Gasteiger partial charge is 0.353 e. The summed E-state index contributed by atoms with van der Waals surface area (Å²) in [5.74, 6) is -3.28. The molecule has 414 valence electrons. The number of likely N-dealkylation sites (N-methyl/N-ethyl adjacent to an activating group) is 2. The molecule has 75 heavy (non-hydrogen) atoms. The van der Waals surface area contributed by atoms with Gasteiger partial charge in [-0.1, -0.05) is 123 Å². The Balaban J connectivity index is 1.26. The molecule has 19 heteroatoms. The minimum Gasteiger partial charge on any atom is -0.353 e. The quantitative estimate of drug-likeness (QED) is 0.0919. The molecule has 0 bridgehead atoms. The number of hydrogen-bond donors (Lipinski definition) is 7. The summed E-state index contributed by atoms with van der Waals surface area (Å²) in [5, 5.41) is 21.2. The van der Waals surface area contributed by atoms with Crippen molar-refractivity contribution in [2.45, 2.75) is 163 Å². The molecular formula is C56H85ClN10O8. The van der Waals surface area contributed by atoms with Crippen LogP contribution in [0.4, 0.5) is 0 Å². The van der Waals surface area contributed by atoms with Gasteiger partial charge in [0.25, 0.3) is 0 Å². The van der Waals surface area contributed by atoms with Crippen LogP contribution in [-0.4, -0.2) is 138 Å². The molecule has 0 radical (unpaired) electrons. The number of halogens is 1. The van der Waals surface area contributed by atoms with Crippen LogP contribution in [0.2, 0.25) is 0 Å². The molecule has 0 aromatic heterocycles. The van der Waals surface area contributed by atoms with Gasteiger partial charge in [0.1, 0.15) is 30.2 Å². The molecule has 7 N–H and O–H groups in total. The molecule has 2 saturated heterocycles. The van der Waals surface area contributed by atoms with Crippen molar-refractivity contribution in [1.29, 1.82) is 0 Å². The van der Waals surface area contributed by atoms with Gasteiger partial charge in [0, 0.05) is 39.1 Å². The predicted molar refractivity (Wildman–Crippen MR) is 289 cm³/mol. The molecule has 8 amide bonds. The lowest BCUT2D eigenvalue weighted by molar-refractivity contribution is -0.144. The molecule has 5 rings (SSSR count). The second-order valence-corrected chi connectivity index (χ2v) is 24.3. The van der Waals surface area contributed by atoms with Crippen LogP contribution in [0.25, 0.3) is 0 Å². The van der Waals surface area contributed by atoms with Crippen molar-refractivity contribution in [3.8, 4) is 0 Å². The van der Waals surface area contributed by atoms with Gasteiger partial charge in [0.2, 0.25) is 47.3 Å². The fourth-order valence-electron chi connectivity index (χ4n) is 10.6. The van der Waals surface area contributed by atoms with E-state index >= 15 is 0 Å². The zero-order valence-electron chi connectivity index (χ0n) is 46.5. The van der Waals surface area contributed by atoms with Crippen molar-refractivity contribution >= 4 is 59.0 Å². The summed E-state index contributed by atoms with van der Waals surface area (Å²) in [7, 11) is 3.23. The van der Waals surface area contributed by atoms with Crippen LogP contribution in [0.1, 0.15) is 138 Å². The summed E-state index contributed by atoms with van der Waals surface area (Å²) in [6, 6.07) is 12.6. The van der Waals surface area contributed by atoms with E-state index in [0.717, 1.165) is 11.1 Å². The lowest BCUT2D eigenvalue weighted by atomic mass is 9.65. The van der Waals surface area contributed by atoms with Crippen LogP contribution in [0, 0.1) is 27.6 Å². The van der Waals surface area contributed by atoms with Gasteiger partial charge in [0.15, 0.2) is 0 Å². The molecule has 1 aliphatic carbocycles. The van der Waals surface area contributed by atoms with Crippen molar-refractivity contribution in [3.05, 3.63) is 71.8 Å². The Kier molecular flexibility index (Phi) is 20.1. The maximum atomic E-state index is 14.5. The summed E-state index contributed by atoms with van der Waals surface area (Å²) in [5.41, 5.74) is -1.66. The number of carbonyl (C=O) groups is 8. The van der Waals surface area contributed by atoms with Crippen LogP contribution < -0.4 is 37.2 Å². The highest BCUT2D eigenvalue weighted by Gasteiger charge is 2.58. The highest BCUT2D eigenvalue weighted by atomic mass is 35.5. The van der Waals surface area contributed by atoms with Crippen LogP contribution in [0.3, 0.4) is 0 Å². The van der Waals surface area contributed by atoms with Crippen LogP contribution in [0.15, 0.2) is 60.7 Å². The molecule has 18 nitrogen and oxygen atoms in total. The Morgan fingerprint density at radius 2 is 1.07 bits per heavy atom. The van der Waals surface area contributed by atoms with E-state index in [2.05, 4.69) is 37.2 Å². The van der Waals surface area contributed by atoms with Crippen molar-refractivity contribution in [2.75, 3.05) is 40.3 Å². The number of nitrogens with zero attached hydrogens (tertiary/aromatic N) is 3. The second kappa shape index (κ2) is 25.0. The van der Waals surface area contributed by atoms with Gasteiger partial charge in [-0.15, -0.1) is 0 Å². The minimum absolute atomic E-state index is 0.0404. The molecule has 2 aliphatic heterocycles. The normalized spacial score (nSPS) is 23.0. The molecule has 2 aromatic carbocycles. The third-order valence-corrected chi connectivity index (χ3v) is 16.5. The third-order valence-electron chi connectivity index (χ3n) is 16.2. The lowest BCUT2D eigenvalue weighted by Gasteiger charge is -2.40. The van der Waals surface area contributed by atoms with Crippen molar-refractivity contribution in [1.82, 2.24) is 51.4 Å². The summed E-state index contributed by atoms with van der Waals surface area (Å²) >= 11 is 6.07. The van der Waals surface area contributed by atoms with E-state index in [9.17, 15) is 38.4 Å². The molecule has 2 aromatic rings. The molecule has 3 aliphatic rings. The van der Waals surface area contributed by atoms with Crippen molar-refractivity contribution < 1.29 is 38.4 Å². The van der Waals surface area contributed by atoms with Crippen molar-refractivity contribution in [2.24, 2.45) is 27.6 Å². The van der Waals surface area contributed by atoms with E-state index in [1.807, 2.05) is 123 Å². The highest BCUT2D eigenvalue weighted by Crippen LogP contribution is 2.56. The fraction of sp³-hybridized carbons (Fsp3) is 0.643.